The van der Waals surface area contributed by atoms with E-state index in [-0.39, 0.29) is 16.9 Å². The number of rotatable bonds is 3. The Labute approximate surface area is 133 Å². The Morgan fingerprint density at radius 2 is 2.14 bits per heavy atom. The van der Waals surface area contributed by atoms with E-state index in [0.717, 1.165) is 6.07 Å². The summed E-state index contributed by atoms with van der Waals surface area (Å²) >= 11 is 3.15. The zero-order valence-corrected chi connectivity index (χ0v) is 12.6. The molecule has 2 aromatic carbocycles. The number of nitrogens with one attached hydrogen (secondary N) is 1. The molecule has 0 aliphatic heterocycles. The largest absolute Gasteiger partial charge is 0.507 e. The molecule has 5 nitrogen and oxygen atoms in total. The van der Waals surface area contributed by atoms with Crippen LogP contribution in [-0.2, 0) is 0 Å². The van der Waals surface area contributed by atoms with Crippen LogP contribution in [0.25, 0.3) is 0 Å². The lowest BCUT2D eigenvalue weighted by Gasteiger charge is -2.02. The Hall–Kier alpha value is -2.72. The van der Waals surface area contributed by atoms with Crippen LogP contribution in [0.1, 0.15) is 21.5 Å². The van der Waals surface area contributed by atoms with E-state index in [1.165, 1.54) is 24.4 Å². The van der Waals surface area contributed by atoms with Gasteiger partial charge in [0.2, 0.25) is 0 Å². The molecule has 22 heavy (non-hydrogen) atoms. The third-order valence-electron chi connectivity index (χ3n) is 2.69. The van der Waals surface area contributed by atoms with Crippen molar-refractivity contribution in [3.05, 3.63) is 63.4 Å². The van der Waals surface area contributed by atoms with Gasteiger partial charge in [0.1, 0.15) is 11.6 Å². The Kier molecular flexibility index (Phi) is 4.86. The highest BCUT2D eigenvalue weighted by Crippen LogP contribution is 2.23. The van der Waals surface area contributed by atoms with Crippen molar-refractivity contribution in [1.29, 1.82) is 5.26 Å². The first-order valence-corrected chi connectivity index (χ1v) is 6.82. The number of halogens is 2. The Bertz CT molecular complexity index is 800. The van der Waals surface area contributed by atoms with Gasteiger partial charge in [-0.2, -0.15) is 10.4 Å². The van der Waals surface area contributed by atoms with Crippen LogP contribution < -0.4 is 5.43 Å². The van der Waals surface area contributed by atoms with Gasteiger partial charge >= 0.3 is 0 Å². The van der Waals surface area contributed by atoms with E-state index in [1.54, 1.807) is 18.2 Å². The van der Waals surface area contributed by atoms with Crippen LogP contribution in [0.2, 0.25) is 0 Å². The molecular formula is C15H9BrFN3O2. The number of carbonyl (C=O) groups is 1. The Balaban J connectivity index is 2.08. The van der Waals surface area contributed by atoms with Crippen molar-refractivity contribution in [3.63, 3.8) is 0 Å². The van der Waals surface area contributed by atoms with Gasteiger partial charge in [0.15, 0.2) is 0 Å². The topological polar surface area (TPSA) is 85.5 Å². The lowest BCUT2D eigenvalue weighted by molar-refractivity contribution is 0.0951. The fourth-order valence-corrected chi connectivity index (χ4v) is 1.99. The van der Waals surface area contributed by atoms with Gasteiger partial charge in [0.05, 0.1) is 27.9 Å². The van der Waals surface area contributed by atoms with Gasteiger partial charge in [-0.25, -0.2) is 9.82 Å². The molecule has 0 atom stereocenters. The highest BCUT2D eigenvalue weighted by atomic mass is 79.9. The van der Waals surface area contributed by atoms with E-state index in [9.17, 15) is 14.3 Å². The molecule has 0 heterocycles. The summed E-state index contributed by atoms with van der Waals surface area (Å²) in [5.41, 5.74) is 2.74. The van der Waals surface area contributed by atoms with Crippen LogP contribution >= 0.6 is 15.9 Å². The van der Waals surface area contributed by atoms with E-state index in [0.29, 0.717) is 10.0 Å². The Morgan fingerprint density at radius 1 is 1.36 bits per heavy atom. The second-order valence-electron chi connectivity index (χ2n) is 4.22. The molecule has 0 aliphatic carbocycles. The van der Waals surface area contributed by atoms with Crippen molar-refractivity contribution >= 4 is 28.1 Å². The third kappa shape index (κ3) is 3.68. The number of phenols is 1. The number of nitrogens with zero attached hydrogens (tertiary/aromatic N) is 2. The maximum atomic E-state index is 13.6. The first-order chi connectivity index (χ1) is 10.5. The molecule has 0 radical (unpaired) electrons. The van der Waals surface area contributed by atoms with Crippen molar-refractivity contribution in [2.24, 2.45) is 5.10 Å². The van der Waals surface area contributed by atoms with Crippen LogP contribution in [0, 0.1) is 17.1 Å². The smallest absolute Gasteiger partial charge is 0.274 e. The Morgan fingerprint density at radius 3 is 2.77 bits per heavy atom. The van der Waals surface area contributed by atoms with Crippen LogP contribution in [0.3, 0.4) is 0 Å². The van der Waals surface area contributed by atoms with Crippen LogP contribution in [0.15, 0.2) is 46.0 Å². The number of carbonyl (C=O) groups excluding carboxylic acids is 1. The maximum Gasteiger partial charge on any atom is 0.274 e. The summed E-state index contributed by atoms with van der Waals surface area (Å²) in [6.07, 6.45) is 1.35. The second-order valence-corrected chi connectivity index (χ2v) is 5.07. The van der Waals surface area contributed by atoms with Gasteiger partial charge in [-0.1, -0.05) is 0 Å². The molecule has 2 rings (SSSR count). The molecule has 2 aromatic rings. The first-order valence-electron chi connectivity index (χ1n) is 6.03. The minimum Gasteiger partial charge on any atom is -0.507 e. The molecule has 0 fully saturated rings. The lowest BCUT2D eigenvalue weighted by Crippen LogP contribution is -2.19. The summed E-state index contributed by atoms with van der Waals surface area (Å²) < 4.78 is 14.1. The molecule has 0 aliphatic rings. The zero-order chi connectivity index (χ0) is 16.1. The number of phenolic OH excluding ortho intramolecular Hbond substituents is 1. The lowest BCUT2D eigenvalue weighted by atomic mass is 10.1. The number of hydrazone groups is 1. The standard InChI is InChI=1S/C15H9BrFN3O2/c16-12-5-10(2-4-14(12)21)8-19-20-15(22)11-3-1-9(7-18)6-13(11)17/h1-6,8,21H,(H,20,22)/b19-8-. The molecular weight excluding hydrogens is 353 g/mol. The van der Waals surface area contributed by atoms with Gasteiger partial charge in [0.25, 0.3) is 5.91 Å². The van der Waals surface area contributed by atoms with E-state index in [4.69, 9.17) is 5.26 Å². The van der Waals surface area contributed by atoms with Crippen LogP contribution in [0.4, 0.5) is 4.39 Å². The highest BCUT2D eigenvalue weighted by Gasteiger charge is 2.11. The quantitative estimate of drug-likeness (QED) is 0.650. The number of amides is 1. The average Bonchev–Trinajstić information content (AvgIpc) is 2.50. The molecule has 0 unspecified atom stereocenters. The number of hydrogen-bond donors (Lipinski definition) is 2. The van der Waals surface area contributed by atoms with Crippen molar-refractivity contribution in [2.75, 3.05) is 0 Å². The van der Waals surface area contributed by atoms with E-state index >= 15 is 0 Å². The number of hydrogen-bond acceptors (Lipinski definition) is 4. The fourth-order valence-electron chi connectivity index (χ4n) is 1.60. The summed E-state index contributed by atoms with van der Waals surface area (Å²) in [6.45, 7) is 0. The predicted octanol–water partition coefficient (Wildman–Crippen LogP) is 2.93. The van der Waals surface area contributed by atoms with E-state index in [2.05, 4.69) is 26.5 Å². The predicted molar refractivity (Wildman–Crippen MR) is 82.0 cm³/mol. The van der Waals surface area contributed by atoms with Gasteiger partial charge < -0.3 is 5.11 Å². The minimum atomic E-state index is -0.792. The number of benzene rings is 2. The average molecular weight is 362 g/mol. The monoisotopic (exact) mass is 361 g/mol. The minimum absolute atomic E-state index is 0.0841. The maximum absolute atomic E-state index is 13.6. The molecule has 0 saturated carbocycles. The molecule has 0 bridgehead atoms. The third-order valence-corrected chi connectivity index (χ3v) is 3.33. The van der Waals surface area contributed by atoms with Crippen LogP contribution in [0.5, 0.6) is 5.75 Å². The van der Waals surface area contributed by atoms with Gasteiger partial charge in [-0.3, -0.25) is 4.79 Å². The molecule has 7 heteroatoms. The molecule has 2 N–H and O–H groups in total. The normalized spacial score (nSPS) is 10.4. The van der Waals surface area contributed by atoms with E-state index < -0.39 is 11.7 Å². The highest BCUT2D eigenvalue weighted by molar-refractivity contribution is 9.10. The second kappa shape index (κ2) is 6.83. The van der Waals surface area contributed by atoms with E-state index in [1.807, 2.05) is 0 Å². The number of aromatic hydroxyl groups is 1. The fraction of sp³-hybridized carbons (Fsp3) is 0. The van der Waals surface area contributed by atoms with Gasteiger partial charge in [-0.05, 0) is 57.9 Å². The molecule has 0 aromatic heterocycles. The molecule has 0 saturated heterocycles. The van der Waals surface area contributed by atoms with Gasteiger partial charge in [0, 0.05) is 0 Å². The number of nitriles is 1. The first kappa shape index (κ1) is 15.7. The zero-order valence-electron chi connectivity index (χ0n) is 11.0. The van der Waals surface area contributed by atoms with Crippen molar-refractivity contribution < 1.29 is 14.3 Å². The molecule has 110 valence electrons. The molecule has 1 amide bonds. The van der Waals surface area contributed by atoms with Crippen LogP contribution in [-0.4, -0.2) is 17.2 Å². The van der Waals surface area contributed by atoms with Crippen molar-refractivity contribution in [2.45, 2.75) is 0 Å². The summed E-state index contributed by atoms with van der Waals surface area (Å²) in [5.74, 6) is -1.43. The summed E-state index contributed by atoms with van der Waals surface area (Å²) in [6, 6.07) is 9.99. The van der Waals surface area contributed by atoms with Gasteiger partial charge in [-0.15, -0.1) is 0 Å². The summed E-state index contributed by atoms with van der Waals surface area (Å²) in [4.78, 5) is 11.8. The van der Waals surface area contributed by atoms with Crippen molar-refractivity contribution in [3.8, 4) is 11.8 Å². The summed E-state index contributed by atoms with van der Waals surface area (Å²) in [7, 11) is 0. The van der Waals surface area contributed by atoms with Crippen molar-refractivity contribution in [1.82, 2.24) is 5.43 Å². The SMILES string of the molecule is N#Cc1ccc(C(=O)N/N=C\c2ccc(O)c(Br)c2)c(F)c1. The summed E-state index contributed by atoms with van der Waals surface area (Å²) in [5, 5.41) is 21.7. The molecule has 0 spiro atoms.